The Kier molecular flexibility index (Phi) is 7.39. The zero-order valence-electron chi connectivity index (χ0n) is 21.8. The SMILES string of the molecule is Cc1ccc2nc(-c3ccc(NC(=O)Cc4csc(NC(=O)N5CCN(c6ccccn6)CC5)n4)cc3)sc2c1. The van der Waals surface area contributed by atoms with E-state index in [1.165, 1.54) is 16.9 Å². The molecule has 0 atom stereocenters. The molecule has 3 aromatic heterocycles. The molecule has 202 valence electrons. The number of hydrogen-bond donors (Lipinski definition) is 2. The number of amides is 3. The zero-order valence-corrected chi connectivity index (χ0v) is 23.5. The average Bonchev–Trinajstić information content (AvgIpc) is 3.60. The van der Waals surface area contributed by atoms with Crippen LogP contribution >= 0.6 is 22.7 Å². The van der Waals surface area contributed by atoms with Gasteiger partial charge in [-0.25, -0.2) is 19.7 Å². The van der Waals surface area contributed by atoms with Crippen LogP contribution in [0.15, 0.2) is 72.2 Å². The minimum Gasteiger partial charge on any atom is -0.353 e. The van der Waals surface area contributed by atoms with E-state index in [-0.39, 0.29) is 18.4 Å². The number of carbonyl (C=O) groups excluding carboxylic acids is 2. The van der Waals surface area contributed by atoms with Crippen LogP contribution in [-0.4, -0.2) is 58.0 Å². The Morgan fingerprint density at radius 3 is 2.55 bits per heavy atom. The number of anilines is 3. The van der Waals surface area contributed by atoms with Crippen LogP contribution in [0.1, 0.15) is 11.3 Å². The van der Waals surface area contributed by atoms with Gasteiger partial charge in [-0.15, -0.1) is 22.7 Å². The molecule has 1 saturated heterocycles. The van der Waals surface area contributed by atoms with Gasteiger partial charge < -0.3 is 15.1 Å². The molecule has 0 saturated carbocycles. The summed E-state index contributed by atoms with van der Waals surface area (Å²) in [5.41, 5.74) is 4.53. The Labute approximate surface area is 239 Å². The second-order valence-corrected chi connectivity index (χ2v) is 11.4. The van der Waals surface area contributed by atoms with Gasteiger partial charge in [0.1, 0.15) is 10.8 Å². The molecular formula is C29H27N7O2S2. The molecule has 4 heterocycles. The van der Waals surface area contributed by atoms with Gasteiger partial charge in [-0.1, -0.05) is 12.1 Å². The molecule has 6 rings (SSSR count). The van der Waals surface area contributed by atoms with Gasteiger partial charge in [0.05, 0.1) is 22.3 Å². The molecular weight excluding hydrogens is 543 g/mol. The van der Waals surface area contributed by atoms with Gasteiger partial charge in [-0.2, -0.15) is 0 Å². The number of aryl methyl sites for hydroxylation is 1. The summed E-state index contributed by atoms with van der Waals surface area (Å²) in [6.45, 7) is 4.71. The molecule has 9 nitrogen and oxygen atoms in total. The molecule has 0 radical (unpaired) electrons. The van der Waals surface area contributed by atoms with Crippen molar-refractivity contribution in [2.45, 2.75) is 13.3 Å². The number of carbonyl (C=O) groups is 2. The zero-order chi connectivity index (χ0) is 27.5. The van der Waals surface area contributed by atoms with Gasteiger partial charge in [0, 0.05) is 49.0 Å². The fourth-order valence-corrected chi connectivity index (χ4v) is 6.29. The quantitative estimate of drug-likeness (QED) is 0.274. The van der Waals surface area contributed by atoms with Crippen molar-refractivity contribution < 1.29 is 9.59 Å². The maximum Gasteiger partial charge on any atom is 0.323 e. The second kappa shape index (κ2) is 11.4. The molecule has 1 fully saturated rings. The summed E-state index contributed by atoms with van der Waals surface area (Å²) in [6.07, 6.45) is 1.89. The van der Waals surface area contributed by atoms with Crippen LogP contribution in [0.5, 0.6) is 0 Å². The Hall–Kier alpha value is -4.35. The Morgan fingerprint density at radius 2 is 1.77 bits per heavy atom. The molecule has 1 aliphatic rings. The first kappa shape index (κ1) is 25.9. The van der Waals surface area contributed by atoms with Crippen LogP contribution in [-0.2, 0) is 11.2 Å². The number of fused-ring (bicyclic) bond motifs is 1. The highest BCUT2D eigenvalue weighted by Gasteiger charge is 2.22. The highest BCUT2D eigenvalue weighted by molar-refractivity contribution is 7.21. The lowest BCUT2D eigenvalue weighted by molar-refractivity contribution is -0.115. The van der Waals surface area contributed by atoms with Crippen LogP contribution < -0.4 is 15.5 Å². The minimum absolute atomic E-state index is 0.119. The summed E-state index contributed by atoms with van der Waals surface area (Å²) in [7, 11) is 0. The standard InChI is InChI=1S/C29H27N7O2S2/c1-19-5-10-23-24(16-19)40-27(33-23)20-6-8-21(9-7-20)31-26(37)17-22-18-39-28(32-22)34-29(38)36-14-12-35(13-15-36)25-4-2-3-11-30-25/h2-11,16,18H,12-15,17H2,1H3,(H,31,37)(H,32,34,38). The third kappa shape index (κ3) is 5.95. The van der Waals surface area contributed by atoms with E-state index in [0.717, 1.165) is 39.7 Å². The highest BCUT2D eigenvalue weighted by atomic mass is 32.1. The summed E-state index contributed by atoms with van der Waals surface area (Å²) in [6, 6.07) is 19.6. The summed E-state index contributed by atoms with van der Waals surface area (Å²) in [5, 5.41) is 9.02. The fourth-order valence-electron chi connectivity index (χ4n) is 4.52. The third-order valence-corrected chi connectivity index (χ3v) is 8.48. The predicted molar refractivity (Wildman–Crippen MR) is 161 cm³/mol. The van der Waals surface area contributed by atoms with Crippen molar-refractivity contribution in [2.75, 3.05) is 41.7 Å². The van der Waals surface area contributed by atoms with E-state index < -0.39 is 0 Å². The normalized spacial score (nSPS) is 13.4. The summed E-state index contributed by atoms with van der Waals surface area (Å²) >= 11 is 2.97. The fraction of sp³-hybridized carbons (Fsp3) is 0.207. The number of pyridine rings is 1. The lowest BCUT2D eigenvalue weighted by Crippen LogP contribution is -2.50. The summed E-state index contributed by atoms with van der Waals surface area (Å²) in [4.78, 5) is 42.9. The maximum absolute atomic E-state index is 12.7. The van der Waals surface area contributed by atoms with Crippen LogP contribution in [0.2, 0.25) is 0 Å². The van der Waals surface area contributed by atoms with Crippen molar-refractivity contribution in [1.82, 2.24) is 19.9 Å². The maximum atomic E-state index is 12.7. The summed E-state index contributed by atoms with van der Waals surface area (Å²) in [5.74, 6) is 0.752. The molecule has 0 spiro atoms. The number of urea groups is 1. The van der Waals surface area contributed by atoms with Crippen LogP contribution in [0.3, 0.4) is 0 Å². The minimum atomic E-state index is -0.186. The van der Waals surface area contributed by atoms with Crippen molar-refractivity contribution in [2.24, 2.45) is 0 Å². The molecule has 40 heavy (non-hydrogen) atoms. The number of aromatic nitrogens is 3. The van der Waals surface area contributed by atoms with Crippen molar-refractivity contribution in [3.05, 3.63) is 83.5 Å². The van der Waals surface area contributed by atoms with E-state index >= 15 is 0 Å². The Balaban J connectivity index is 0.992. The Bertz CT molecular complexity index is 1640. The van der Waals surface area contributed by atoms with Crippen LogP contribution in [0, 0.1) is 6.92 Å². The molecule has 0 unspecified atom stereocenters. The number of thiazole rings is 2. The number of benzene rings is 2. The first-order valence-electron chi connectivity index (χ1n) is 12.9. The average molecular weight is 570 g/mol. The highest BCUT2D eigenvalue weighted by Crippen LogP contribution is 2.31. The smallest absolute Gasteiger partial charge is 0.323 e. The Morgan fingerprint density at radius 1 is 0.950 bits per heavy atom. The first-order chi connectivity index (χ1) is 19.5. The monoisotopic (exact) mass is 569 g/mol. The third-order valence-electron chi connectivity index (χ3n) is 6.61. The molecule has 2 N–H and O–H groups in total. The van der Waals surface area contributed by atoms with Gasteiger partial charge in [0.2, 0.25) is 5.91 Å². The predicted octanol–water partition coefficient (Wildman–Crippen LogP) is 5.66. The van der Waals surface area contributed by atoms with Crippen molar-refractivity contribution >= 4 is 61.5 Å². The molecule has 3 amide bonds. The van der Waals surface area contributed by atoms with E-state index in [4.69, 9.17) is 4.98 Å². The topological polar surface area (TPSA) is 103 Å². The van der Waals surface area contributed by atoms with Gasteiger partial charge in [0.25, 0.3) is 0 Å². The first-order valence-corrected chi connectivity index (χ1v) is 14.6. The van der Waals surface area contributed by atoms with E-state index in [2.05, 4.69) is 44.6 Å². The van der Waals surface area contributed by atoms with E-state index in [0.29, 0.717) is 29.6 Å². The van der Waals surface area contributed by atoms with Gasteiger partial charge >= 0.3 is 6.03 Å². The number of hydrogen-bond acceptors (Lipinski definition) is 8. The molecule has 5 aromatic rings. The number of rotatable bonds is 6. The number of nitrogens with one attached hydrogen (secondary N) is 2. The number of piperazine rings is 1. The second-order valence-electron chi connectivity index (χ2n) is 9.53. The van der Waals surface area contributed by atoms with E-state index in [1.807, 2.05) is 48.5 Å². The van der Waals surface area contributed by atoms with E-state index in [9.17, 15) is 9.59 Å². The molecule has 1 aliphatic heterocycles. The van der Waals surface area contributed by atoms with Crippen LogP contribution in [0.25, 0.3) is 20.8 Å². The molecule has 0 aliphatic carbocycles. The van der Waals surface area contributed by atoms with Crippen LogP contribution in [0.4, 0.5) is 21.4 Å². The van der Waals surface area contributed by atoms with Crippen molar-refractivity contribution in [3.63, 3.8) is 0 Å². The van der Waals surface area contributed by atoms with Gasteiger partial charge in [0.15, 0.2) is 5.13 Å². The van der Waals surface area contributed by atoms with Gasteiger partial charge in [-0.3, -0.25) is 10.1 Å². The molecule has 2 aromatic carbocycles. The molecule has 11 heteroatoms. The lowest BCUT2D eigenvalue weighted by Gasteiger charge is -2.35. The van der Waals surface area contributed by atoms with Crippen molar-refractivity contribution in [1.29, 1.82) is 0 Å². The largest absolute Gasteiger partial charge is 0.353 e. The van der Waals surface area contributed by atoms with E-state index in [1.54, 1.807) is 27.8 Å². The number of nitrogens with zero attached hydrogens (tertiary/aromatic N) is 5. The van der Waals surface area contributed by atoms with Crippen molar-refractivity contribution in [3.8, 4) is 10.6 Å². The van der Waals surface area contributed by atoms with Gasteiger partial charge in [-0.05, 0) is 61.0 Å². The summed E-state index contributed by atoms with van der Waals surface area (Å²) < 4.78 is 1.16. The molecule has 0 bridgehead atoms. The lowest BCUT2D eigenvalue weighted by atomic mass is 10.2.